The van der Waals surface area contributed by atoms with Gasteiger partial charge in [0.15, 0.2) is 5.15 Å². The summed E-state index contributed by atoms with van der Waals surface area (Å²) >= 11 is 11.4. The Kier molecular flexibility index (Phi) is 3.92. The maximum atomic E-state index is 12.2. The van der Waals surface area contributed by atoms with Gasteiger partial charge in [0.05, 0.1) is 0 Å². The Hall–Kier alpha value is -1.07. The number of carbonyl (C=O) groups excluding carboxylic acids is 1. The minimum atomic E-state index is -0.613. The molecule has 0 radical (unpaired) electrons. The number of halogens is 2. The van der Waals surface area contributed by atoms with Crippen LogP contribution >= 0.6 is 23.2 Å². The molecule has 1 saturated heterocycles. The molecule has 1 aliphatic heterocycles. The van der Waals surface area contributed by atoms with Crippen molar-refractivity contribution in [2.24, 2.45) is 0 Å². The Morgan fingerprint density at radius 2 is 2.00 bits per heavy atom. The average Bonchev–Trinajstić information content (AvgIpc) is 2.88. The molecule has 2 rings (SSSR count). The van der Waals surface area contributed by atoms with Crippen LogP contribution in [0.15, 0.2) is 11.1 Å². The SMILES string of the molecule is CC(C(=O)N1CCCC1)n1cnc(Cl)c(Cl)c1=O. The highest BCUT2D eigenvalue weighted by molar-refractivity contribution is 6.40. The lowest BCUT2D eigenvalue weighted by Gasteiger charge is -2.21. The second-order valence-corrected chi connectivity index (χ2v) is 5.01. The number of amides is 1. The lowest BCUT2D eigenvalue weighted by molar-refractivity contribution is -0.133. The van der Waals surface area contributed by atoms with Crippen molar-refractivity contribution in [3.63, 3.8) is 0 Å². The van der Waals surface area contributed by atoms with E-state index in [2.05, 4.69) is 4.98 Å². The molecule has 1 atom stereocenters. The number of rotatable bonds is 2. The van der Waals surface area contributed by atoms with Crippen LogP contribution in [0.25, 0.3) is 0 Å². The molecule has 1 unspecified atom stereocenters. The highest BCUT2D eigenvalue weighted by atomic mass is 35.5. The molecule has 0 bridgehead atoms. The molecule has 0 aromatic carbocycles. The smallest absolute Gasteiger partial charge is 0.274 e. The van der Waals surface area contributed by atoms with E-state index < -0.39 is 11.6 Å². The van der Waals surface area contributed by atoms with Crippen molar-refractivity contribution in [2.75, 3.05) is 13.1 Å². The van der Waals surface area contributed by atoms with Gasteiger partial charge in [0.25, 0.3) is 5.56 Å². The monoisotopic (exact) mass is 289 g/mol. The molecule has 7 heteroatoms. The fraction of sp³-hybridized carbons (Fsp3) is 0.545. The van der Waals surface area contributed by atoms with Crippen molar-refractivity contribution in [2.45, 2.75) is 25.8 Å². The first-order valence-corrected chi connectivity index (χ1v) is 6.49. The Labute approximate surface area is 114 Å². The normalized spacial score (nSPS) is 16.9. The predicted octanol–water partition coefficient (Wildman–Crippen LogP) is 1.73. The molecule has 5 nitrogen and oxygen atoms in total. The van der Waals surface area contributed by atoms with Gasteiger partial charge in [-0.2, -0.15) is 0 Å². The lowest BCUT2D eigenvalue weighted by Crippen LogP contribution is -2.37. The van der Waals surface area contributed by atoms with Gasteiger partial charge in [0.2, 0.25) is 5.91 Å². The van der Waals surface area contributed by atoms with Crippen LogP contribution in [0.5, 0.6) is 0 Å². The highest BCUT2D eigenvalue weighted by Crippen LogP contribution is 2.17. The summed E-state index contributed by atoms with van der Waals surface area (Å²) < 4.78 is 1.22. The van der Waals surface area contributed by atoms with E-state index in [0.717, 1.165) is 25.9 Å². The Morgan fingerprint density at radius 1 is 1.39 bits per heavy atom. The zero-order valence-electron chi connectivity index (χ0n) is 9.90. The molecule has 0 N–H and O–H groups in total. The molecule has 0 aliphatic carbocycles. The first-order valence-electron chi connectivity index (χ1n) is 5.73. The second-order valence-electron chi connectivity index (χ2n) is 4.27. The number of likely N-dealkylation sites (tertiary alicyclic amines) is 1. The highest BCUT2D eigenvalue weighted by Gasteiger charge is 2.25. The zero-order chi connectivity index (χ0) is 13.3. The maximum Gasteiger partial charge on any atom is 0.274 e. The Balaban J connectivity index is 2.28. The molecule has 0 spiro atoms. The summed E-state index contributed by atoms with van der Waals surface area (Å²) in [6.07, 6.45) is 3.27. The lowest BCUT2D eigenvalue weighted by atomic mass is 10.3. The van der Waals surface area contributed by atoms with Crippen LogP contribution in [0.4, 0.5) is 0 Å². The van der Waals surface area contributed by atoms with Crippen LogP contribution in [0.1, 0.15) is 25.8 Å². The summed E-state index contributed by atoms with van der Waals surface area (Å²) in [5.41, 5.74) is -0.489. The van der Waals surface area contributed by atoms with Crippen LogP contribution in [0, 0.1) is 0 Å². The van der Waals surface area contributed by atoms with Gasteiger partial charge in [-0.05, 0) is 19.8 Å². The fourth-order valence-corrected chi connectivity index (χ4v) is 2.29. The van der Waals surface area contributed by atoms with E-state index in [-0.39, 0.29) is 16.1 Å². The van der Waals surface area contributed by atoms with Gasteiger partial charge in [0.1, 0.15) is 17.4 Å². The summed E-state index contributed by atoms with van der Waals surface area (Å²) in [6, 6.07) is -0.613. The molecule has 98 valence electrons. The standard InChI is InChI=1S/C11H13Cl2N3O2/c1-7(10(17)15-4-2-3-5-15)16-6-14-9(13)8(12)11(16)18/h6-7H,2-5H2,1H3. The summed E-state index contributed by atoms with van der Waals surface area (Å²) in [4.78, 5) is 29.6. The van der Waals surface area contributed by atoms with E-state index in [1.54, 1.807) is 11.8 Å². The van der Waals surface area contributed by atoms with Crippen LogP contribution in [0.2, 0.25) is 10.2 Å². The third-order valence-electron chi connectivity index (χ3n) is 3.09. The van der Waals surface area contributed by atoms with Crippen molar-refractivity contribution in [1.82, 2.24) is 14.5 Å². The number of aromatic nitrogens is 2. The number of hydrogen-bond donors (Lipinski definition) is 0. The van der Waals surface area contributed by atoms with E-state index in [0.29, 0.717) is 0 Å². The zero-order valence-corrected chi connectivity index (χ0v) is 11.4. The molecule has 2 heterocycles. The van der Waals surface area contributed by atoms with Crippen LogP contribution in [0.3, 0.4) is 0 Å². The van der Waals surface area contributed by atoms with Gasteiger partial charge in [-0.1, -0.05) is 23.2 Å². The molecular weight excluding hydrogens is 277 g/mol. The maximum absolute atomic E-state index is 12.2. The van der Waals surface area contributed by atoms with Crippen molar-refractivity contribution in [3.8, 4) is 0 Å². The fourth-order valence-electron chi connectivity index (χ4n) is 2.02. The quantitative estimate of drug-likeness (QED) is 0.779. The van der Waals surface area contributed by atoms with Gasteiger partial charge in [0, 0.05) is 13.1 Å². The minimum absolute atomic E-state index is 0.0428. The van der Waals surface area contributed by atoms with Crippen molar-refractivity contribution >= 4 is 29.1 Å². The predicted molar refractivity (Wildman–Crippen MR) is 69.0 cm³/mol. The number of carbonyl (C=O) groups is 1. The van der Waals surface area contributed by atoms with Gasteiger partial charge in [-0.3, -0.25) is 14.2 Å². The van der Waals surface area contributed by atoms with E-state index in [4.69, 9.17) is 23.2 Å². The summed E-state index contributed by atoms with van der Waals surface area (Å²) in [6.45, 7) is 3.15. The summed E-state index contributed by atoms with van der Waals surface area (Å²) in [7, 11) is 0. The number of hydrogen-bond acceptors (Lipinski definition) is 3. The van der Waals surface area contributed by atoms with E-state index >= 15 is 0 Å². The largest absolute Gasteiger partial charge is 0.341 e. The Bertz CT molecular complexity index is 524. The first kappa shape index (κ1) is 13.4. The van der Waals surface area contributed by atoms with Gasteiger partial charge in [-0.15, -0.1) is 0 Å². The van der Waals surface area contributed by atoms with E-state index in [9.17, 15) is 9.59 Å². The first-order chi connectivity index (χ1) is 8.52. The van der Waals surface area contributed by atoms with Crippen molar-refractivity contribution < 1.29 is 4.79 Å². The van der Waals surface area contributed by atoms with Gasteiger partial charge < -0.3 is 4.90 Å². The molecular formula is C11H13Cl2N3O2. The topological polar surface area (TPSA) is 55.2 Å². The molecule has 18 heavy (non-hydrogen) atoms. The van der Waals surface area contributed by atoms with Crippen LogP contribution < -0.4 is 5.56 Å². The van der Waals surface area contributed by atoms with Gasteiger partial charge in [-0.25, -0.2) is 4.98 Å². The second kappa shape index (κ2) is 5.28. The summed E-state index contributed by atoms with van der Waals surface area (Å²) in [5, 5.41) is -0.195. The molecule has 1 amide bonds. The third-order valence-corrected chi connectivity index (χ3v) is 3.82. The third kappa shape index (κ3) is 2.37. The molecule has 1 fully saturated rings. The Morgan fingerprint density at radius 3 is 2.61 bits per heavy atom. The van der Waals surface area contributed by atoms with Crippen molar-refractivity contribution in [3.05, 3.63) is 26.9 Å². The van der Waals surface area contributed by atoms with Crippen molar-refractivity contribution in [1.29, 1.82) is 0 Å². The molecule has 1 aromatic heterocycles. The van der Waals surface area contributed by atoms with Crippen LogP contribution in [-0.2, 0) is 4.79 Å². The average molecular weight is 290 g/mol. The van der Waals surface area contributed by atoms with E-state index in [1.807, 2.05) is 0 Å². The minimum Gasteiger partial charge on any atom is -0.341 e. The summed E-state index contributed by atoms with van der Waals surface area (Å²) in [5.74, 6) is -0.0882. The van der Waals surface area contributed by atoms with Crippen LogP contribution in [-0.4, -0.2) is 33.4 Å². The molecule has 1 aliphatic rings. The molecule has 1 aromatic rings. The number of nitrogens with zero attached hydrogens (tertiary/aromatic N) is 3. The molecule has 0 saturated carbocycles. The van der Waals surface area contributed by atoms with Gasteiger partial charge >= 0.3 is 0 Å². The van der Waals surface area contributed by atoms with E-state index in [1.165, 1.54) is 10.9 Å².